The van der Waals surface area contributed by atoms with Crippen molar-refractivity contribution in [2.45, 2.75) is 72.8 Å². The van der Waals surface area contributed by atoms with Gasteiger partial charge in [-0.3, -0.25) is 4.79 Å². The van der Waals surface area contributed by atoms with Crippen LogP contribution in [0.4, 0.5) is 0 Å². The van der Waals surface area contributed by atoms with Crippen LogP contribution in [0.1, 0.15) is 69.7 Å². The first-order chi connectivity index (χ1) is 15.1. The van der Waals surface area contributed by atoms with E-state index in [0.29, 0.717) is 6.61 Å². The van der Waals surface area contributed by atoms with Gasteiger partial charge in [-0.15, -0.1) is 0 Å². The molecule has 1 aliphatic heterocycles. The lowest BCUT2D eigenvalue weighted by Crippen LogP contribution is -2.27. The van der Waals surface area contributed by atoms with Crippen LogP contribution in [0.5, 0.6) is 11.5 Å². The highest BCUT2D eigenvalue weighted by Crippen LogP contribution is 2.41. The Kier molecular flexibility index (Phi) is 7.34. The van der Waals surface area contributed by atoms with Crippen LogP contribution in [0.2, 0.25) is 0 Å². The Balaban J connectivity index is 1.84. The number of epoxide rings is 1. The summed E-state index contributed by atoms with van der Waals surface area (Å²) in [6, 6.07) is 12.9. The van der Waals surface area contributed by atoms with Gasteiger partial charge < -0.3 is 14.2 Å². The van der Waals surface area contributed by atoms with Gasteiger partial charge in [0.1, 0.15) is 30.8 Å². The molecule has 1 aliphatic rings. The fourth-order valence-electron chi connectivity index (χ4n) is 4.16. The van der Waals surface area contributed by atoms with Crippen LogP contribution in [-0.2, 0) is 14.9 Å². The van der Waals surface area contributed by atoms with Crippen molar-refractivity contribution in [1.29, 1.82) is 0 Å². The summed E-state index contributed by atoms with van der Waals surface area (Å²) < 4.78 is 17.1. The van der Waals surface area contributed by atoms with Gasteiger partial charge >= 0.3 is 0 Å². The fourth-order valence-corrected chi connectivity index (χ4v) is 4.16. The number of rotatable bonds is 10. The summed E-state index contributed by atoms with van der Waals surface area (Å²) in [7, 11) is 0. The molecule has 32 heavy (non-hydrogen) atoms. The second-order valence-corrected chi connectivity index (χ2v) is 9.98. The standard InChI is InChI=1S/C28H38O4/c1-8-28(9-2,21-10-12-24(19(3)14-21)31-17-23-16-30-23)22-11-13-25(20(4)15-22)32-18-26(29)27(5,6)7/h10-15,23H,8-9,16-18H2,1-7H3. The molecule has 0 aliphatic carbocycles. The summed E-state index contributed by atoms with van der Waals surface area (Å²) in [5.74, 6) is 1.80. The summed E-state index contributed by atoms with van der Waals surface area (Å²) in [5.41, 5.74) is 4.28. The number of carbonyl (C=O) groups is 1. The Labute approximate surface area is 193 Å². The van der Waals surface area contributed by atoms with Crippen molar-refractivity contribution in [3.63, 3.8) is 0 Å². The number of carbonyl (C=O) groups excluding carboxylic acids is 1. The number of hydrogen-bond acceptors (Lipinski definition) is 4. The third-order valence-corrected chi connectivity index (χ3v) is 6.68. The fraction of sp³-hybridized carbons (Fsp3) is 0.536. The molecule has 1 atom stereocenters. The predicted octanol–water partition coefficient (Wildman–Crippen LogP) is 6.18. The zero-order chi connectivity index (χ0) is 23.5. The number of ketones is 1. The van der Waals surface area contributed by atoms with Crippen molar-refractivity contribution < 1.29 is 19.0 Å². The molecule has 3 rings (SSSR count). The van der Waals surface area contributed by atoms with Crippen molar-refractivity contribution in [1.82, 2.24) is 0 Å². The third kappa shape index (κ3) is 5.35. The molecule has 1 heterocycles. The van der Waals surface area contributed by atoms with Gasteiger partial charge in [0.2, 0.25) is 0 Å². The Morgan fingerprint density at radius 2 is 1.44 bits per heavy atom. The maximum atomic E-state index is 12.3. The van der Waals surface area contributed by atoms with Crippen LogP contribution in [0.15, 0.2) is 36.4 Å². The number of ether oxygens (including phenoxy) is 3. The van der Waals surface area contributed by atoms with Crippen LogP contribution in [0, 0.1) is 19.3 Å². The van der Waals surface area contributed by atoms with E-state index in [1.165, 1.54) is 11.1 Å². The smallest absolute Gasteiger partial charge is 0.175 e. The first-order valence-electron chi connectivity index (χ1n) is 11.7. The molecule has 2 aromatic carbocycles. The monoisotopic (exact) mass is 438 g/mol. The van der Waals surface area contributed by atoms with E-state index in [-0.39, 0.29) is 23.9 Å². The summed E-state index contributed by atoms with van der Waals surface area (Å²) in [4.78, 5) is 12.3. The third-order valence-electron chi connectivity index (χ3n) is 6.68. The average Bonchev–Trinajstić information content (AvgIpc) is 3.57. The SMILES string of the molecule is CCC(CC)(c1ccc(OCC(=O)C(C)(C)C)c(C)c1)c1ccc(OCC2CO2)c(C)c1. The lowest BCUT2D eigenvalue weighted by atomic mass is 9.70. The maximum absolute atomic E-state index is 12.3. The van der Waals surface area contributed by atoms with Gasteiger partial charge in [0, 0.05) is 10.8 Å². The van der Waals surface area contributed by atoms with Gasteiger partial charge in [0.05, 0.1) is 6.61 Å². The predicted molar refractivity (Wildman–Crippen MR) is 129 cm³/mol. The summed E-state index contributed by atoms with van der Waals surface area (Å²) >= 11 is 0. The van der Waals surface area contributed by atoms with E-state index in [9.17, 15) is 4.79 Å². The molecule has 1 unspecified atom stereocenters. The van der Waals surface area contributed by atoms with Gasteiger partial charge in [0.15, 0.2) is 5.78 Å². The maximum Gasteiger partial charge on any atom is 0.175 e. The second-order valence-electron chi connectivity index (χ2n) is 9.98. The average molecular weight is 439 g/mol. The van der Waals surface area contributed by atoms with E-state index in [2.05, 4.69) is 58.0 Å². The van der Waals surface area contributed by atoms with Crippen molar-refractivity contribution in [3.8, 4) is 11.5 Å². The Morgan fingerprint density at radius 3 is 1.84 bits per heavy atom. The zero-order valence-corrected chi connectivity index (χ0v) is 20.7. The van der Waals surface area contributed by atoms with Gasteiger partial charge in [-0.25, -0.2) is 0 Å². The number of aryl methyl sites for hydroxylation is 2. The Hall–Kier alpha value is -2.33. The van der Waals surface area contributed by atoms with E-state index in [4.69, 9.17) is 14.2 Å². The van der Waals surface area contributed by atoms with Crippen LogP contribution >= 0.6 is 0 Å². The molecule has 0 amide bonds. The molecule has 0 spiro atoms. The van der Waals surface area contributed by atoms with Crippen LogP contribution in [-0.4, -0.2) is 31.7 Å². The molecule has 4 nitrogen and oxygen atoms in total. The molecule has 1 saturated heterocycles. The van der Waals surface area contributed by atoms with Gasteiger partial charge in [-0.2, -0.15) is 0 Å². The molecule has 1 fully saturated rings. The van der Waals surface area contributed by atoms with E-state index >= 15 is 0 Å². The second kappa shape index (κ2) is 9.66. The van der Waals surface area contributed by atoms with Crippen molar-refractivity contribution in [3.05, 3.63) is 58.7 Å². The molecule has 0 N–H and O–H groups in total. The lowest BCUT2D eigenvalue weighted by molar-refractivity contribution is -0.128. The highest BCUT2D eigenvalue weighted by atomic mass is 16.6. The van der Waals surface area contributed by atoms with Crippen molar-refractivity contribution in [2.75, 3.05) is 19.8 Å². The van der Waals surface area contributed by atoms with Crippen LogP contribution in [0.3, 0.4) is 0 Å². The van der Waals surface area contributed by atoms with Crippen molar-refractivity contribution in [2.24, 2.45) is 5.41 Å². The van der Waals surface area contributed by atoms with E-state index < -0.39 is 5.41 Å². The molecule has 0 radical (unpaired) electrons. The molecular formula is C28H38O4. The summed E-state index contributed by atoms with van der Waals surface area (Å²) in [5, 5.41) is 0. The van der Waals surface area contributed by atoms with Gasteiger partial charge in [-0.05, 0) is 61.1 Å². The van der Waals surface area contributed by atoms with Crippen LogP contribution < -0.4 is 9.47 Å². The van der Waals surface area contributed by atoms with E-state index in [1.54, 1.807) is 0 Å². The van der Waals surface area contributed by atoms with Gasteiger partial charge in [-0.1, -0.05) is 58.9 Å². The minimum atomic E-state index is -0.396. The minimum Gasteiger partial charge on any atom is -0.491 e. The normalized spacial score (nSPS) is 16.0. The number of Topliss-reactive ketones (excluding diaryl/α,β-unsaturated/α-hetero) is 1. The lowest BCUT2D eigenvalue weighted by Gasteiger charge is -2.34. The molecular weight excluding hydrogens is 400 g/mol. The largest absolute Gasteiger partial charge is 0.491 e. The summed E-state index contributed by atoms with van der Waals surface area (Å²) in [6.45, 7) is 15.9. The van der Waals surface area contributed by atoms with E-state index in [0.717, 1.165) is 42.1 Å². The van der Waals surface area contributed by atoms with Gasteiger partial charge in [0.25, 0.3) is 0 Å². The molecule has 174 valence electrons. The Morgan fingerprint density at radius 1 is 0.938 bits per heavy atom. The minimum absolute atomic E-state index is 0.0899. The van der Waals surface area contributed by atoms with E-state index in [1.807, 2.05) is 26.8 Å². The molecule has 0 aromatic heterocycles. The highest BCUT2D eigenvalue weighted by molar-refractivity contribution is 5.85. The van der Waals surface area contributed by atoms with Crippen molar-refractivity contribution >= 4 is 5.78 Å². The quantitative estimate of drug-likeness (QED) is 0.416. The summed E-state index contributed by atoms with van der Waals surface area (Å²) in [6.07, 6.45) is 2.23. The van der Waals surface area contributed by atoms with Crippen LogP contribution in [0.25, 0.3) is 0 Å². The molecule has 0 saturated carbocycles. The zero-order valence-electron chi connectivity index (χ0n) is 20.7. The molecule has 0 bridgehead atoms. The topological polar surface area (TPSA) is 48.1 Å². The Bertz CT molecular complexity index is 946. The molecule has 4 heteroatoms. The molecule has 2 aromatic rings. The number of benzene rings is 2. The first kappa shape index (κ1) is 24.3. The first-order valence-corrected chi connectivity index (χ1v) is 11.7. The highest BCUT2D eigenvalue weighted by Gasteiger charge is 2.32. The number of hydrogen-bond donors (Lipinski definition) is 0.